The highest BCUT2D eigenvalue weighted by molar-refractivity contribution is 7.89. The summed E-state index contributed by atoms with van der Waals surface area (Å²) in [5, 5.41) is 7.81. The lowest BCUT2D eigenvalue weighted by Crippen LogP contribution is -2.26. The molecule has 31 heavy (non-hydrogen) atoms. The number of carbonyl (C=O) groups is 1. The summed E-state index contributed by atoms with van der Waals surface area (Å²) in [6.07, 6.45) is 1.56. The lowest BCUT2D eigenvalue weighted by molar-refractivity contribution is 0.0438. The van der Waals surface area contributed by atoms with Gasteiger partial charge in [-0.2, -0.15) is 0 Å². The zero-order valence-electron chi connectivity index (χ0n) is 16.4. The minimum Gasteiger partial charge on any atom is -0.497 e. The minimum absolute atomic E-state index is 0.0192. The van der Waals surface area contributed by atoms with Gasteiger partial charge in [0.15, 0.2) is 6.61 Å². The Balaban J connectivity index is 1.43. The maximum absolute atomic E-state index is 12.4. The Labute approximate surface area is 183 Å². The van der Waals surface area contributed by atoms with Crippen molar-refractivity contribution >= 4 is 27.6 Å². The SMILES string of the molecule is COc1ccc(-c2nnc(COC(=O)c3ccc(Cl)c(S(=O)(=O)NC4CC4)c3)o2)cc1. The molecular weight excluding hydrogens is 446 g/mol. The predicted molar refractivity (Wildman–Crippen MR) is 110 cm³/mol. The zero-order valence-corrected chi connectivity index (χ0v) is 17.9. The van der Waals surface area contributed by atoms with E-state index in [0.29, 0.717) is 11.3 Å². The van der Waals surface area contributed by atoms with Crippen LogP contribution in [0.4, 0.5) is 0 Å². The standard InChI is InChI=1S/C20H18ClN3O6S/c1-28-15-7-2-12(3-8-15)19-23-22-18(30-19)11-29-20(25)13-4-9-16(21)17(10-13)31(26,27)24-14-5-6-14/h2-4,7-10,14,24H,5-6,11H2,1H3. The third kappa shape index (κ3) is 5.04. The first kappa shape index (κ1) is 21.3. The van der Waals surface area contributed by atoms with Crippen molar-refractivity contribution in [3.63, 3.8) is 0 Å². The number of hydrogen-bond acceptors (Lipinski definition) is 8. The van der Waals surface area contributed by atoms with E-state index in [9.17, 15) is 13.2 Å². The second-order valence-corrected chi connectivity index (χ2v) is 8.94. The number of ether oxygens (including phenoxy) is 2. The Morgan fingerprint density at radius 3 is 2.61 bits per heavy atom. The number of halogens is 1. The molecule has 1 fully saturated rings. The number of rotatable bonds is 8. The molecule has 1 aromatic heterocycles. The first-order valence-corrected chi connectivity index (χ1v) is 11.2. The number of nitrogens with one attached hydrogen (secondary N) is 1. The van der Waals surface area contributed by atoms with Crippen molar-refractivity contribution in [3.05, 3.63) is 58.9 Å². The van der Waals surface area contributed by atoms with Crippen LogP contribution in [0.25, 0.3) is 11.5 Å². The summed E-state index contributed by atoms with van der Waals surface area (Å²) in [4.78, 5) is 12.2. The first-order valence-electron chi connectivity index (χ1n) is 9.31. The van der Waals surface area contributed by atoms with Crippen molar-refractivity contribution in [2.24, 2.45) is 0 Å². The van der Waals surface area contributed by atoms with Gasteiger partial charge in [-0.3, -0.25) is 0 Å². The normalized spacial score (nSPS) is 13.7. The fourth-order valence-corrected chi connectivity index (χ4v) is 4.52. The maximum atomic E-state index is 12.4. The second-order valence-electron chi connectivity index (χ2n) is 6.85. The molecule has 0 saturated heterocycles. The Morgan fingerprint density at radius 2 is 1.94 bits per heavy atom. The van der Waals surface area contributed by atoms with Gasteiger partial charge < -0.3 is 13.9 Å². The molecule has 3 aromatic rings. The molecule has 2 aromatic carbocycles. The van der Waals surface area contributed by atoms with Gasteiger partial charge in [0.05, 0.1) is 17.7 Å². The lowest BCUT2D eigenvalue weighted by atomic mass is 10.2. The minimum atomic E-state index is -3.82. The largest absolute Gasteiger partial charge is 0.497 e. The molecule has 1 aliphatic rings. The van der Waals surface area contributed by atoms with Crippen molar-refractivity contribution in [1.82, 2.24) is 14.9 Å². The van der Waals surface area contributed by atoms with E-state index >= 15 is 0 Å². The summed E-state index contributed by atoms with van der Waals surface area (Å²) < 4.78 is 43.2. The number of esters is 1. The van der Waals surface area contributed by atoms with Gasteiger partial charge in [-0.05, 0) is 55.3 Å². The van der Waals surface area contributed by atoms with Crippen LogP contribution in [0.15, 0.2) is 51.8 Å². The van der Waals surface area contributed by atoms with Crippen LogP contribution in [-0.2, 0) is 21.4 Å². The highest BCUT2D eigenvalue weighted by Crippen LogP contribution is 2.27. The van der Waals surface area contributed by atoms with Gasteiger partial charge >= 0.3 is 5.97 Å². The van der Waals surface area contributed by atoms with E-state index < -0.39 is 16.0 Å². The topological polar surface area (TPSA) is 121 Å². The van der Waals surface area contributed by atoms with Gasteiger partial charge in [-0.25, -0.2) is 17.9 Å². The highest BCUT2D eigenvalue weighted by atomic mass is 35.5. The van der Waals surface area contributed by atoms with E-state index in [-0.39, 0.29) is 39.9 Å². The molecule has 9 nitrogen and oxygen atoms in total. The van der Waals surface area contributed by atoms with Crippen molar-refractivity contribution in [2.75, 3.05) is 7.11 Å². The number of benzene rings is 2. The van der Waals surface area contributed by atoms with Crippen LogP contribution < -0.4 is 9.46 Å². The van der Waals surface area contributed by atoms with E-state index in [1.54, 1.807) is 31.4 Å². The molecule has 0 spiro atoms. The van der Waals surface area contributed by atoms with Crippen molar-refractivity contribution in [1.29, 1.82) is 0 Å². The molecule has 162 valence electrons. The Hall–Kier alpha value is -2.95. The number of nitrogens with zero attached hydrogens (tertiary/aromatic N) is 2. The maximum Gasteiger partial charge on any atom is 0.338 e. The molecule has 1 saturated carbocycles. The van der Waals surface area contributed by atoms with Crippen LogP contribution in [-0.4, -0.2) is 37.7 Å². The van der Waals surface area contributed by atoms with E-state index in [1.807, 2.05) is 0 Å². The predicted octanol–water partition coefficient (Wildman–Crippen LogP) is 3.20. The summed E-state index contributed by atoms with van der Waals surface area (Å²) in [5.74, 6) is 0.300. The third-order valence-electron chi connectivity index (χ3n) is 4.49. The van der Waals surface area contributed by atoms with Crippen molar-refractivity contribution in [2.45, 2.75) is 30.4 Å². The highest BCUT2D eigenvalue weighted by Gasteiger charge is 2.30. The monoisotopic (exact) mass is 463 g/mol. The molecule has 0 atom stereocenters. The summed E-state index contributed by atoms with van der Waals surface area (Å²) >= 11 is 6.03. The molecular formula is C20H18ClN3O6S. The van der Waals surface area contributed by atoms with Crippen LogP contribution in [0.1, 0.15) is 29.1 Å². The molecule has 1 heterocycles. The lowest BCUT2D eigenvalue weighted by Gasteiger charge is -2.09. The molecule has 4 rings (SSSR count). The average molecular weight is 464 g/mol. The van der Waals surface area contributed by atoms with Crippen LogP contribution in [0, 0.1) is 0 Å². The van der Waals surface area contributed by atoms with E-state index in [4.69, 9.17) is 25.5 Å². The number of methoxy groups -OCH3 is 1. The molecule has 11 heteroatoms. The van der Waals surface area contributed by atoms with Crippen LogP contribution in [0.2, 0.25) is 5.02 Å². The molecule has 1 aliphatic carbocycles. The van der Waals surface area contributed by atoms with E-state index in [2.05, 4.69) is 14.9 Å². The first-order chi connectivity index (χ1) is 14.9. The smallest absolute Gasteiger partial charge is 0.338 e. The van der Waals surface area contributed by atoms with Gasteiger partial charge in [0, 0.05) is 11.6 Å². The van der Waals surface area contributed by atoms with Gasteiger partial charge in [0.25, 0.3) is 5.89 Å². The van der Waals surface area contributed by atoms with Gasteiger partial charge in [0.2, 0.25) is 15.9 Å². The number of aromatic nitrogens is 2. The van der Waals surface area contributed by atoms with Gasteiger partial charge in [-0.1, -0.05) is 11.6 Å². The molecule has 0 unspecified atom stereocenters. The van der Waals surface area contributed by atoms with Gasteiger partial charge in [0.1, 0.15) is 10.6 Å². The van der Waals surface area contributed by atoms with Crippen molar-refractivity contribution in [3.8, 4) is 17.2 Å². The fraction of sp³-hybridized carbons (Fsp3) is 0.250. The number of hydrogen-bond donors (Lipinski definition) is 1. The molecule has 0 radical (unpaired) electrons. The Bertz CT molecular complexity index is 1210. The molecule has 0 bridgehead atoms. The van der Waals surface area contributed by atoms with E-state index in [1.165, 1.54) is 18.2 Å². The molecule has 0 aliphatic heterocycles. The van der Waals surface area contributed by atoms with Crippen LogP contribution in [0.3, 0.4) is 0 Å². The molecule has 0 amide bonds. The molecule has 1 N–H and O–H groups in total. The third-order valence-corrected chi connectivity index (χ3v) is 6.49. The second kappa shape index (κ2) is 8.66. The quantitative estimate of drug-likeness (QED) is 0.505. The average Bonchev–Trinajstić information content (AvgIpc) is 3.44. The van der Waals surface area contributed by atoms with Crippen LogP contribution >= 0.6 is 11.6 Å². The van der Waals surface area contributed by atoms with Crippen molar-refractivity contribution < 1.29 is 27.1 Å². The summed E-state index contributed by atoms with van der Waals surface area (Å²) in [7, 11) is -2.26. The van der Waals surface area contributed by atoms with Crippen LogP contribution in [0.5, 0.6) is 5.75 Å². The number of carbonyl (C=O) groups excluding carboxylic acids is 1. The fourth-order valence-electron chi connectivity index (χ4n) is 2.69. The van der Waals surface area contributed by atoms with E-state index in [0.717, 1.165) is 12.8 Å². The summed E-state index contributed by atoms with van der Waals surface area (Å²) in [5.41, 5.74) is 0.719. The summed E-state index contributed by atoms with van der Waals surface area (Å²) in [6.45, 7) is -0.271. The Kier molecular flexibility index (Phi) is 5.94. The summed E-state index contributed by atoms with van der Waals surface area (Å²) in [6, 6.07) is 10.8. The van der Waals surface area contributed by atoms with Gasteiger partial charge in [-0.15, -0.1) is 10.2 Å². The Morgan fingerprint density at radius 1 is 1.19 bits per heavy atom. The zero-order chi connectivity index (χ0) is 22.0. The number of sulfonamides is 1.